The van der Waals surface area contributed by atoms with Gasteiger partial charge in [-0.05, 0) is 32.2 Å². The first kappa shape index (κ1) is 9.00. The van der Waals surface area contributed by atoms with Crippen LogP contribution in [0.5, 0.6) is 0 Å². The van der Waals surface area contributed by atoms with Crippen LogP contribution < -0.4 is 5.32 Å². The van der Waals surface area contributed by atoms with E-state index in [1.165, 1.54) is 25.7 Å². The Labute approximate surface area is 79.5 Å². The summed E-state index contributed by atoms with van der Waals surface area (Å²) in [6.07, 6.45) is 4.89. The summed E-state index contributed by atoms with van der Waals surface area (Å²) < 4.78 is 0. The lowest BCUT2D eigenvalue weighted by molar-refractivity contribution is -0.130. The molecule has 0 unspecified atom stereocenters. The highest BCUT2D eigenvalue weighted by Crippen LogP contribution is 2.24. The van der Waals surface area contributed by atoms with Gasteiger partial charge in [-0.15, -0.1) is 0 Å². The highest BCUT2D eigenvalue weighted by atomic mass is 16.2. The smallest absolute Gasteiger partial charge is 0.219 e. The molecular formula is C10H18N2O. The van der Waals surface area contributed by atoms with E-state index in [0.717, 1.165) is 13.1 Å². The molecule has 2 aliphatic rings. The molecule has 74 valence electrons. The molecule has 0 radical (unpaired) electrons. The summed E-state index contributed by atoms with van der Waals surface area (Å²) in [5.41, 5.74) is 0. The largest absolute Gasteiger partial charge is 0.338 e. The molecule has 3 heteroatoms. The Balaban J connectivity index is 2.00. The van der Waals surface area contributed by atoms with Gasteiger partial charge in [0.05, 0.1) is 0 Å². The van der Waals surface area contributed by atoms with Crippen molar-refractivity contribution in [1.82, 2.24) is 10.2 Å². The number of rotatable bonds is 1. The third-order valence-electron chi connectivity index (χ3n) is 3.27. The fraction of sp³-hybridized carbons (Fsp3) is 0.900. The van der Waals surface area contributed by atoms with Crippen LogP contribution in [-0.4, -0.2) is 36.0 Å². The molecule has 0 saturated carbocycles. The minimum absolute atomic E-state index is 0.246. The van der Waals surface area contributed by atoms with Crippen molar-refractivity contribution in [2.45, 2.75) is 44.7 Å². The highest BCUT2D eigenvalue weighted by Gasteiger charge is 2.34. The summed E-state index contributed by atoms with van der Waals surface area (Å²) in [5.74, 6) is 0.246. The van der Waals surface area contributed by atoms with Gasteiger partial charge in [-0.2, -0.15) is 0 Å². The zero-order chi connectivity index (χ0) is 9.26. The molecule has 0 aromatic carbocycles. The molecule has 0 aromatic heterocycles. The second-order valence-corrected chi connectivity index (χ2v) is 4.12. The number of nitrogens with zero attached hydrogens (tertiary/aromatic N) is 1. The van der Waals surface area contributed by atoms with Crippen molar-refractivity contribution in [2.75, 3.05) is 13.1 Å². The van der Waals surface area contributed by atoms with Crippen molar-refractivity contribution in [1.29, 1.82) is 0 Å². The minimum atomic E-state index is 0.246. The Morgan fingerprint density at radius 3 is 2.85 bits per heavy atom. The maximum absolute atomic E-state index is 11.3. The van der Waals surface area contributed by atoms with Crippen LogP contribution in [0.15, 0.2) is 0 Å². The van der Waals surface area contributed by atoms with Crippen LogP contribution in [0, 0.1) is 0 Å². The fourth-order valence-corrected chi connectivity index (χ4v) is 2.64. The van der Waals surface area contributed by atoms with E-state index >= 15 is 0 Å². The number of hydrogen-bond donors (Lipinski definition) is 1. The lowest BCUT2D eigenvalue weighted by Gasteiger charge is -2.28. The summed E-state index contributed by atoms with van der Waals surface area (Å²) in [5, 5.41) is 3.49. The van der Waals surface area contributed by atoms with Gasteiger partial charge in [-0.25, -0.2) is 0 Å². The molecular weight excluding hydrogens is 164 g/mol. The van der Waals surface area contributed by atoms with E-state index in [4.69, 9.17) is 0 Å². The molecule has 0 spiro atoms. The number of amides is 1. The van der Waals surface area contributed by atoms with Gasteiger partial charge < -0.3 is 10.2 Å². The van der Waals surface area contributed by atoms with Gasteiger partial charge in [0.1, 0.15) is 0 Å². The van der Waals surface area contributed by atoms with Gasteiger partial charge in [0, 0.05) is 25.6 Å². The number of hydrogen-bond acceptors (Lipinski definition) is 2. The van der Waals surface area contributed by atoms with Crippen molar-refractivity contribution in [3.63, 3.8) is 0 Å². The van der Waals surface area contributed by atoms with E-state index in [2.05, 4.69) is 5.32 Å². The molecule has 13 heavy (non-hydrogen) atoms. The first-order valence-electron chi connectivity index (χ1n) is 5.29. The molecule has 0 aromatic rings. The zero-order valence-corrected chi connectivity index (χ0v) is 8.25. The van der Waals surface area contributed by atoms with Crippen molar-refractivity contribution in [3.8, 4) is 0 Å². The van der Waals surface area contributed by atoms with Crippen LogP contribution in [-0.2, 0) is 4.79 Å². The van der Waals surface area contributed by atoms with Gasteiger partial charge in [0.25, 0.3) is 0 Å². The number of nitrogens with one attached hydrogen (secondary N) is 1. The predicted molar refractivity (Wildman–Crippen MR) is 51.4 cm³/mol. The van der Waals surface area contributed by atoms with Crippen molar-refractivity contribution in [3.05, 3.63) is 0 Å². The average molecular weight is 182 g/mol. The fourth-order valence-electron chi connectivity index (χ4n) is 2.64. The van der Waals surface area contributed by atoms with E-state index in [1.807, 2.05) is 4.90 Å². The van der Waals surface area contributed by atoms with Crippen LogP contribution >= 0.6 is 0 Å². The highest BCUT2D eigenvalue weighted by molar-refractivity contribution is 5.74. The molecule has 0 aliphatic carbocycles. The molecule has 2 heterocycles. The molecule has 0 bridgehead atoms. The third-order valence-corrected chi connectivity index (χ3v) is 3.27. The lowest BCUT2D eigenvalue weighted by Crippen LogP contribution is -2.45. The van der Waals surface area contributed by atoms with Gasteiger partial charge in [0.15, 0.2) is 0 Å². The molecule has 1 amide bonds. The molecule has 2 aliphatic heterocycles. The Morgan fingerprint density at radius 2 is 2.23 bits per heavy atom. The summed E-state index contributed by atoms with van der Waals surface area (Å²) in [6.45, 7) is 3.79. The van der Waals surface area contributed by atoms with E-state index in [9.17, 15) is 4.79 Å². The van der Waals surface area contributed by atoms with E-state index in [1.54, 1.807) is 6.92 Å². The Bertz CT molecular complexity index is 199. The summed E-state index contributed by atoms with van der Waals surface area (Å²) in [7, 11) is 0. The Kier molecular flexibility index (Phi) is 2.54. The molecule has 1 N–H and O–H groups in total. The second-order valence-electron chi connectivity index (χ2n) is 4.12. The third kappa shape index (κ3) is 1.70. The maximum Gasteiger partial charge on any atom is 0.219 e. The van der Waals surface area contributed by atoms with E-state index in [0.29, 0.717) is 12.1 Å². The number of carbonyl (C=O) groups excluding carboxylic acids is 1. The summed E-state index contributed by atoms with van der Waals surface area (Å²) in [6, 6.07) is 1.06. The second kappa shape index (κ2) is 3.66. The van der Waals surface area contributed by atoms with Gasteiger partial charge in [-0.1, -0.05) is 0 Å². The van der Waals surface area contributed by atoms with Gasteiger partial charge >= 0.3 is 0 Å². The lowest BCUT2D eigenvalue weighted by atomic mass is 10.0. The van der Waals surface area contributed by atoms with E-state index in [-0.39, 0.29) is 5.91 Å². The van der Waals surface area contributed by atoms with Crippen LogP contribution in [0.4, 0.5) is 0 Å². The van der Waals surface area contributed by atoms with Crippen molar-refractivity contribution < 1.29 is 4.79 Å². The van der Waals surface area contributed by atoms with Crippen LogP contribution in [0.25, 0.3) is 0 Å². The van der Waals surface area contributed by atoms with Gasteiger partial charge in [0.2, 0.25) is 5.91 Å². The first-order valence-corrected chi connectivity index (χ1v) is 5.29. The molecule has 2 saturated heterocycles. The molecule has 2 rings (SSSR count). The molecule has 3 nitrogen and oxygen atoms in total. The molecule has 2 fully saturated rings. The topological polar surface area (TPSA) is 32.3 Å². The number of likely N-dealkylation sites (tertiary alicyclic amines) is 1. The SMILES string of the molecule is CC(=O)N1CCC[C@H]1[C@H]1CCCN1. The predicted octanol–water partition coefficient (Wildman–Crippen LogP) is 0.749. The average Bonchev–Trinajstić information content (AvgIpc) is 2.74. The quantitative estimate of drug-likeness (QED) is 0.649. The standard InChI is InChI=1S/C10H18N2O/c1-8(13)12-7-3-5-10(12)9-4-2-6-11-9/h9-11H,2-7H2,1H3/t9-,10+/m1/s1. The number of carbonyl (C=O) groups is 1. The Hall–Kier alpha value is -0.570. The van der Waals surface area contributed by atoms with Gasteiger partial charge in [-0.3, -0.25) is 4.79 Å². The van der Waals surface area contributed by atoms with E-state index < -0.39 is 0 Å². The summed E-state index contributed by atoms with van der Waals surface area (Å²) in [4.78, 5) is 13.4. The zero-order valence-electron chi connectivity index (χ0n) is 8.25. The minimum Gasteiger partial charge on any atom is -0.338 e. The Morgan fingerprint density at radius 1 is 1.38 bits per heavy atom. The van der Waals surface area contributed by atoms with Crippen molar-refractivity contribution >= 4 is 5.91 Å². The molecule has 2 atom stereocenters. The van der Waals surface area contributed by atoms with Crippen molar-refractivity contribution in [2.24, 2.45) is 0 Å². The first-order chi connectivity index (χ1) is 6.29. The summed E-state index contributed by atoms with van der Waals surface area (Å²) >= 11 is 0. The normalized spacial score (nSPS) is 34.1. The monoisotopic (exact) mass is 182 g/mol. The van der Waals surface area contributed by atoms with Crippen LogP contribution in [0.2, 0.25) is 0 Å². The maximum atomic E-state index is 11.3. The van der Waals surface area contributed by atoms with Crippen LogP contribution in [0.3, 0.4) is 0 Å². The van der Waals surface area contributed by atoms with Crippen LogP contribution in [0.1, 0.15) is 32.6 Å².